The second kappa shape index (κ2) is 8.62. The predicted molar refractivity (Wildman–Crippen MR) is 119 cm³/mol. The SMILES string of the molecule is CON/C(=C(\c1ccccc1)c1ccc2c(c1)OCO2)c1cc(C(C)C)c(O)cc1O. The van der Waals surface area contributed by atoms with Gasteiger partial charge in [-0.2, -0.15) is 0 Å². The first kappa shape index (κ1) is 20.6. The van der Waals surface area contributed by atoms with E-state index >= 15 is 0 Å². The summed E-state index contributed by atoms with van der Waals surface area (Å²) < 4.78 is 11.0. The van der Waals surface area contributed by atoms with Gasteiger partial charge >= 0.3 is 0 Å². The molecule has 6 heteroatoms. The largest absolute Gasteiger partial charge is 0.508 e. The van der Waals surface area contributed by atoms with Crippen LogP contribution in [0.15, 0.2) is 60.7 Å². The van der Waals surface area contributed by atoms with Gasteiger partial charge in [-0.05, 0) is 40.8 Å². The van der Waals surface area contributed by atoms with Crippen molar-refractivity contribution >= 4 is 11.3 Å². The van der Waals surface area contributed by atoms with Gasteiger partial charge in [-0.3, -0.25) is 10.3 Å². The highest BCUT2D eigenvalue weighted by Crippen LogP contribution is 2.41. The minimum atomic E-state index is -0.0596. The molecule has 0 spiro atoms. The lowest BCUT2D eigenvalue weighted by molar-refractivity contribution is 0.137. The topological polar surface area (TPSA) is 80.2 Å². The number of ether oxygens (including phenoxy) is 2. The maximum absolute atomic E-state index is 10.8. The van der Waals surface area contributed by atoms with Gasteiger partial charge in [0.1, 0.15) is 11.5 Å². The molecule has 31 heavy (non-hydrogen) atoms. The lowest BCUT2D eigenvalue weighted by atomic mass is 9.91. The smallest absolute Gasteiger partial charge is 0.231 e. The Morgan fingerprint density at radius 2 is 1.65 bits per heavy atom. The van der Waals surface area contributed by atoms with Crippen LogP contribution < -0.4 is 15.0 Å². The Balaban J connectivity index is 2.02. The van der Waals surface area contributed by atoms with Gasteiger partial charge in [-0.25, -0.2) is 0 Å². The average molecular weight is 419 g/mol. The summed E-state index contributed by atoms with van der Waals surface area (Å²) in [5, 5.41) is 21.1. The maximum Gasteiger partial charge on any atom is 0.231 e. The van der Waals surface area contributed by atoms with E-state index in [1.54, 1.807) is 6.07 Å². The number of hydrogen-bond donors (Lipinski definition) is 3. The van der Waals surface area contributed by atoms with Crippen LogP contribution in [0.1, 0.15) is 42.0 Å². The molecule has 0 aromatic heterocycles. The van der Waals surface area contributed by atoms with Gasteiger partial charge in [0.15, 0.2) is 11.5 Å². The lowest BCUT2D eigenvalue weighted by Crippen LogP contribution is -2.14. The third kappa shape index (κ3) is 4.02. The van der Waals surface area contributed by atoms with Gasteiger partial charge in [0.25, 0.3) is 0 Å². The van der Waals surface area contributed by atoms with Crippen LogP contribution in [-0.4, -0.2) is 24.1 Å². The Kier molecular flexibility index (Phi) is 5.73. The van der Waals surface area contributed by atoms with Crippen molar-refractivity contribution in [3.8, 4) is 23.0 Å². The fraction of sp³-hybridized carbons (Fsp3) is 0.200. The second-order valence-corrected chi connectivity index (χ2v) is 7.57. The molecule has 0 saturated carbocycles. The quantitative estimate of drug-likeness (QED) is 0.385. The van der Waals surface area contributed by atoms with Crippen LogP contribution in [0.2, 0.25) is 0 Å². The van der Waals surface area contributed by atoms with E-state index in [1.165, 1.54) is 13.2 Å². The van der Waals surface area contributed by atoms with Gasteiger partial charge in [0, 0.05) is 17.2 Å². The molecule has 0 saturated heterocycles. The number of benzene rings is 3. The van der Waals surface area contributed by atoms with Crippen molar-refractivity contribution in [2.45, 2.75) is 19.8 Å². The highest BCUT2D eigenvalue weighted by molar-refractivity contribution is 5.99. The summed E-state index contributed by atoms with van der Waals surface area (Å²) in [5.41, 5.74) is 7.33. The van der Waals surface area contributed by atoms with Crippen LogP contribution in [-0.2, 0) is 4.84 Å². The molecular weight excluding hydrogens is 394 g/mol. The molecule has 1 aliphatic rings. The highest BCUT2D eigenvalue weighted by Gasteiger charge is 2.22. The van der Waals surface area contributed by atoms with Crippen molar-refractivity contribution in [1.29, 1.82) is 0 Å². The van der Waals surface area contributed by atoms with E-state index in [-0.39, 0.29) is 24.2 Å². The number of fused-ring (bicyclic) bond motifs is 1. The maximum atomic E-state index is 10.8. The Morgan fingerprint density at radius 1 is 0.903 bits per heavy atom. The number of nitrogens with one attached hydrogen (secondary N) is 1. The molecule has 4 rings (SSSR count). The number of hydroxylamine groups is 1. The van der Waals surface area contributed by atoms with E-state index in [2.05, 4.69) is 5.48 Å². The van der Waals surface area contributed by atoms with Gasteiger partial charge in [0.05, 0.1) is 12.8 Å². The molecular formula is C25H25NO5. The summed E-state index contributed by atoms with van der Waals surface area (Å²) in [5.74, 6) is 1.40. The van der Waals surface area contributed by atoms with Crippen molar-refractivity contribution in [3.63, 3.8) is 0 Å². The molecule has 0 unspecified atom stereocenters. The molecule has 3 N–H and O–H groups in total. The minimum absolute atomic E-state index is 0.0531. The van der Waals surface area contributed by atoms with Gasteiger partial charge in [-0.1, -0.05) is 50.2 Å². The molecule has 3 aromatic carbocycles. The first-order valence-electron chi connectivity index (χ1n) is 10.0. The fourth-order valence-electron chi connectivity index (χ4n) is 3.71. The molecule has 160 valence electrons. The van der Waals surface area contributed by atoms with Crippen molar-refractivity contribution in [1.82, 2.24) is 5.48 Å². The fourth-order valence-corrected chi connectivity index (χ4v) is 3.71. The first-order chi connectivity index (χ1) is 15.0. The molecule has 3 aromatic rings. The number of aromatic hydroxyl groups is 2. The van der Waals surface area contributed by atoms with E-state index in [0.29, 0.717) is 22.8 Å². The molecule has 0 atom stereocenters. The zero-order valence-corrected chi connectivity index (χ0v) is 17.7. The second-order valence-electron chi connectivity index (χ2n) is 7.57. The van der Waals surface area contributed by atoms with Crippen molar-refractivity contribution in [2.24, 2.45) is 0 Å². The van der Waals surface area contributed by atoms with Gasteiger partial charge in [-0.15, -0.1) is 0 Å². The first-order valence-corrected chi connectivity index (χ1v) is 10.0. The number of rotatable bonds is 6. The summed E-state index contributed by atoms with van der Waals surface area (Å²) in [4.78, 5) is 5.32. The zero-order valence-electron chi connectivity index (χ0n) is 17.7. The third-order valence-electron chi connectivity index (χ3n) is 5.21. The molecule has 0 radical (unpaired) electrons. The molecule has 6 nitrogen and oxygen atoms in total. The average Bonchev–Trinajstić information content (AvgIpc) is 3.22. The van der Waals surface area contributed by atoms with E-state index in [4.69, 9.17) is 14.3 Å². The van der Waals surface area contributed by atoms with Gasteiger partial charge in [0.2, 0.25) is 6.79 Å². The minimum Gasteiger partial charge on any atom is -0.508 e. The van der Waals surface area contributed by atoms with Crippen LogP contribution in [0, 0.1) is 0 Å². The summed E-state index contributed by atoms with van der Waals surface area (Å²) in [6, 6.07) is 18.7. The predicted octanol–water partition coefficient (Wildman–Crippen LogP) is 5.02. The number of phenols is 2. The van der Waals surface area contributed by atoms with Crippen LogP contribution in [0.25, 0.3) is 11.3 Å². The van der Waals surface area contributed by atoms with Gasteiger partial charge < -0.3 is 19.7 Å². The summed E-state index contributed by atoms with van der Waals surface area (Å²) in [6.07, 6.45) is 0. The summed E-state index contributed by atoms with van der Waals surface area (Å²) in [7, 11) is 1.52. The Bertz CT molecular complexity index is 1120. The van der Waals surface area contributed by atoms with Crippen LogP contribution >= 0.6 is 0 Å². The highest BCUT2D eigenvalue weighted by atomic mass is 16.7. The van der Waals surface area contributed by atoms with E-state index in [0.717, 1.165) is 22.3 Å². The summed E-state index contributed by atoms with van der Waals surface area (Å²) in [6.45, 7) is 4.15. The van der Waals surface area contributed by atoms with Crippen LogP contribution in [0.3, 0.4) is 0 Å². The van der Waals surface area contributed by atoms with Crippen molar-refractivity contribution < 1.29 is 24.5 Å². The van der Waals surface area contributed by atoms with E-state index < -0.39 is 0 Å². The molecule has 0 aliphatic carbocycles. The molecule has 1 heterocycles. The van der Waals surface area contributed by atoms with Crippen LogP contribution in [0.4, 0.5) is 0 Å². The van der Waals surface area contributed by atoms with Crippen molar-refractivity contribution in [3.05, 3.63) is 82.9 Å². The Morgan fingerprint density at radius 3 is 2.35 bits per heavy atom. The Labute approximate surface area is 181 Å². The molecule has 1 aliphatic heterocycles. The normalized spacial score (nSPS) is 13.3. The monoisotopic (exact) mass is 419 g/mol. The Hall–Kier alpha value is -3.64. The lowest BCUT2D eigenvalue weighted by Gasteiger charge is -2.20. The molecule has 0 bridgehead atoms. The van der Waals surface area contributed by atoms with E-state index in [9.17, 15) is 10.2 Å². The van der Waals surface area contributed by atoms with Crippen molar-refractivity contribution in [2.75, 3.05) is 13.9 Å². The number of hydrogen-bond acceptors (Lipinski definition) is 6. The van der Waals surface area contributed by atoms with Crippen LogP contribution in [0.5, 0.6) is 23.0 Å². The third-order valence-corrected chi connectivity index (χ3v) is 5.21. The molecule has 0 fully saturated rings. The number of phenolic OH excluding ortho intramolecular Hbond substituents is 2. The summed E-state index contributed by atoms with van der Waals surface area (Å²) >= 11 is 0. The molecule has 0 amide bonds. The zero-order chi connectivity index (χ0) is 22.0. The van der Waals surface area contributed by atoms with E-state index in [1.807, 2.05) is 62.4 Å². The standard InChI is InChI=1S/C25H25NO5/c1-15(2)18-12-19(21(28)13-20(18)27)25(26-29-3)24(16-7-5-4-6-8-16)17-9-10-22-23(11-17)31-14-30-22/h4-13,15,26-28H,14H2,1-3H3/b25-24+.